The first-order chi connectivity index (χ1) is 8.49. The third-order valence-corrected chi connectivity index (χ3v) is 3.46. The van der Waals surface area contributed by atoms with Gasteiger partial charge in [0, 0.05) is 26.6 Å². The highest BCUT2D eigenvalue weighted by Gasteiger charge is 2.15. The van der Waals surface area contributed by atoms with E-state index in [-0.39, 0.29) is 5.84 Å². The normalized spacial score (nSPS) is 11.2. The molecule has 5 nitrogen and oxygen atoms in total. The summed E-state index contributed by atoms with van der Waals surface area (Å²) in [5.74, 6) is 0.221. The van der Waals surface area contributed by atoms with Crippen LogP contribution in [0.5, 0.6) is 0 Å². The second-order valence-electron chi connectivity index (χ2n) is 4.33. The van der Waals surface area contributed by atoms with E-state index < -0.39 is 0 Å². The van der Waals surface area contributed by atoms with Gasteiger partial charge in [0.05, 0.1) is 22.2 Å². The molecule has 6 heteroatoms. The molecule has 1 heterocycles. The Morgan fingerprint density at radius 3 is 2.61 bits per heavy atom. The van der Waals surface area contributed by atoms with Crippen LogP contribution in [-0.2, 0) is 20.0 Å². The maximum Gasteiger partial charge on any atom is 0.0918 e. The Morgan fingerprint density at radius 2 is 2.17 bits per heavy atom. The Balaban J connectivity index is 2.75. The molecule has 0 bridgehead atoms. The van der Waals surface area contributed by atoms with Crippen molar-refractivity contribution in [1.82, 2.24) is 14.7 Å². The van der Waals surface area contributed by atoms with E-state index in [0.29, 0.717) is 6.42 Å². The first-order valence-electron chi connectivity index (χ1n) is 6.25. The predicted octanol–water partition coefficient (Wildman–Crippen LogP) is 1.78. The summed E-state index contributed by atoms with van der Waals surface area (Å²) in [6.45, 7) is 6.55. The van der Waals surface area contributed by atoms with Crippen LogP contribution in [0.15, 0.2) is 0 Å². The molecule has 0 aliphatic rings. The molecular formula is C12H22ClN5. The van der Waals surface area contributed by atoms with Gasteiger partial charge in [-0.25, -0.2) is 0 Å². The second-order valence-corrected chi connectivity index (χ2v) is 4.71. The summed E-state index contributed by atoms with van der Waals surface area (Å²) >= 11 is 6.32. The Morgan fingerprint density at radius 1 is 1.50 bits per heavy atom. The van der Waals surface area contributed by atoms with Gasteiger partial charge in [0.1, 0.15) is 0 Å². The minimum atomic E-state index is 0.221. The number of hydrogen-bond donors (Lipinski definition) is 2. The van der Waals surface area contributed by atoms with Gasteiger partial charge in [0.25, 0.3) is 0 Å². The van der Waals surface area contributed by atoms with Crippen molar-refractivity contribution in [3.8, 4) is 0 Å². The van der Waals surface area contributed by atoms with E-state index in [0.717, 1.165) is 42.5 Å². The molecule has 0 saturated carbocycles. The van der Waals surface area contributed by atoms with Gasteiger partial charge in [-0.15, -0.1) is 0 Å². The number of rotatable bonds is 7. The molecule has 0 aromatic carbocycles. The Kier molecular flexibility index (Phi) is 5.62. The molecule has 0 amide bonds. The first-order valence-corrected chi connectivity index (χ1v) is 6.62. The van der Waals surface area contributed by atoms with Crippen molar-refractivity contribution in [2.45, 2.75) is 33.2 Å². The van der Waals surface area contributed by atoms with Crippen LogP contribution in [-0.4, -0.2) is 33.6 Å². The van der Waals surface area contributed by atoms with Crippen LogP contribution in [0.4, 0.5) is 0 Å². The number of amidine groups is 1. The standard InChI is InChI=1S/C12H22ClN5/c1-4-9-12(13)10(17(3)16-9)8-18(5-2)7-6-11(14)15/h4-8H2,1-3H3,(H3,14,15). The molecule has 1 rings (SSSR count). The summed E-state index contributed by atoms with van der Waals surface area (Å²) in [6, 6.07) is 0. The lowest BCUT2D eigenvalue weighted by atomic mass is 10.2. The second kappa shape index (κ2) is 6.75. The molecule has 0 unspecified atom stereocenters. The van der Waals surface area contributed by atoms with Crippen LogP contribution in [0.1, 0.15) is 31.7 Å². The summed E-state index contributed by atoms with van der Waals surface area (Å²) in [7, 11) is 1.92. The molecule has 1 aromatic heterocycles. The Hall–Kier alpha value is -1.07. The molecule has 0 aliphatic heterocycles. The van der Waals surface area contributed by atoms with Crippen LogP contribution < -0.4 is 5.73 Å². The van der Waals surface area contributed by atoms with E-state index in [9.17, 15) is 0 Å². The zero-order valence-electron chi connectivity index (χ0n) is 11.3. The quantitative estimate of drug-likeness (QED) is 0.587. The van der Waals surface area contributed by atoms with Crippen LogP contribution in [0.2, 0.25) is 5.02 Å². The summed E-state index contributed by atoms with van der Waals surface area (Å²) in [4.78, 5) is 2.21. The number of aromatic nitrogens is 2. The molecule has 0 radical (unpaired) electrons. The van der Waals surface area contributed by atoms with Gasteiger partial charge >= 0.3 is 0 Å². The van der Waals surface area contributed by atoms with Crippen LogP contribution in [0.25, 0.3) is 0 Å². The van der Waals surface area contributed by atoms with Gasteiger partial charge in [-0.2, -0.15) is 5.10 Å². The minimum Gasteiger partial charge on any atom is -0.388 e. The van der Waals surface area contributed by atoms with E-state index >= 15 is 0 Å². The number of nitrogens with one attached hydrogen (secondary N) is 1. The summed E-state index contributed by atoms with van der Waals surface area (Å²) in [5, 5.41) is 12.4. The Bertz CT molecular complexity index is 413. The van der Waals surface area contributed by atoms with Crippen LogP contribution >= 0.6 is 11.6 Å². The zero-order valence-corrected chi connectivity index (χ0v) is 12.1. The predicted molar refractivity (Wildman–Crippen MR) is 75.1 cm³/mol. The fourth-order valence-electron chi connectivity index (χ4n) is 1.83. The summed E-state index contributed by atoms with van der Waals surface area (Å²) < 4.78 is 1.84. The zero-order chi connectivity index (χ0) is 13.7. The molecule has 0 saturated heterocycles. The fraction of sp³-hybridized carbons (Fsp3) is 0.667. The smallest absolute Gasteiger partial charge is 0.0918 e. The van der Waals surface area contributed by atoms with Crippen molar-refractivity contribution in [3.05, 3.63) is 16.4 Å². The number of halogens is 1. The van der Waals surface area contributed by atoms with Gasteiger partial charge in [0.2, 0.25) is 0 Å². The highest BCUT2D eigenvalue weighted by molar-refractivity contribution is 6.31. The van der Waals surface area contributed by atoms with Crippen molar-refractivity contribution in [2.24, 2.45) is 12.8 Å². The topological polar surface area (TPSA) is 70.9 Å². The number of nitrogens with two attached hydrogens (primary N) is 1. The maximum atomic E-state index is 7.27. The maximum absolute atomic E-state index is 7.27. The SMILES string of the molecule is CCc1nn(C)c(CN(CC)CCC(=N)N)c1Cl. The van der Waals surface area contributed by atoms with E-state index in [1.807, 2.05) is 18.7 Å². The van der Waals surface area contributed by atoms with Crippen molar-refractivity contribution in [3.63, 3.8) is 0 Å². The molecule has 102 valence electrons. The molecule has 0 spiro atoms. The number of hydrogen-bond acceptors (Lipinski definition) is 3. The minimum absolute atomic E-state index is 0.221. The highest BCUT2D eigenvalue weighted by atomic mass is 35.5. The lowest BCUT2D eigenvalue weighted by Crippen LogP contribution is -2.28. The monoisotopic (exact) mass is 271 g/mol. The van der Waals surface area contributed by atoms with Crippen molar-refractivity contribution in [1.29, 1.82) is 5.41 Å². The van der Waals surface area contributed by atoms with Gasteiger partial charge in [-0.3, -0.25) is 15.0 Å². The molecule has 3 N–H and O–H groups in total. The number of aryl methyl sites for hydroxylation is 2. The van der Waals surface area contributed by atoms with Gasteiger partial charge in [0.15, 0.2) is 0 Å². The van der Waals surface area contributed by atoms with Crippen molar-refractivity contribution < 1.29 is 0 Å². The van der Waals surface area contributed by atoms with E-state index in [2.05, 4.69) is 16.9 Å². The van der Waals surface area contributed by atoms with E-state index in [4.69, 9.17) is 22.7 Å². The third-order valence-electron chi connectivity index (χ3n) is 3.02. The largest absolute Gasteiger partial charge is 0.388 e. The molecule has 0 fully saturated rings. The molecular weight excluding hydrogens is 250 g/mol. The van der Waals surface area contributed by atoms with Crippen LogP contribution in [0, 0.1) is 5.41 Å². The van der Waals surface area contributed by atoms with Gasteiger partial charge < -0.3 is 5.73 Å². The van der Waals surface area contributed by atoms with Crippen molar-refractivity contribution in [2.75, 3.05) is 13.1 Å². The van der Waals surface area contributed by atoms with E-state index in [1.165, 1.54) is 0 Å². The Labute approximate surface area is 113 Å². The molecule has 1 aromatic rings. The summed E-state index contributed by atoms with van der Waals surface area (Å²) in [6.07, 6.45) is 1.43. The highest BCUT2D eigenvalue weighted by Crippen LogP contribution is 2.22. The lowest BCUT2D eigenvalue weighted by Gasteiger charge is -2.20. The lowest BCUT2D eigenvalue weighted by molar-refractivity contribution is 0.280. The van der Waals surface area contributed by atoms with Gasteiger partial charge in [-0.05, 0) is 13.0 Å². The fourth-order valence-corrected chi connectivity index (χ4v) is 2.18. The molecule has 0 aliphatic carbocycles. The number of nitrogens with zero attached hydrogens (tertiary/aromatic N) is 3. The average Bonchev–Trinajstić information content (AvgIpc) is 2.60. The van der Waals surface area contributed by atoms with Crippen LogP contribution in [0.3, 0.4) is 0 Å². The third kappa shape index (κ3) is 3.71. The van der Waals surface area contributed by atoms with Gasteiger partial charge in [-0.1, -0.05) is 25.4 Å². The first kappa shape index (κ1) is 15.0. The van der Waals surface area contributed by atoms with E-state index in [1.54, 1.807) is 0 Å². The average molecular weight is 272 g/mol. The molecule has 18 heavy (non-hydrogen) atoms. The summed E-state index contributed by atoms with van der Waals surface area (Å²) in [5.41, 5.74) is 7.36. The van der Waals surface area contributed by atoms with Crippen molar-refractivity contribution >= 4 is 17.4 Å². The molecule has 0 atom stereocenters.